The molecule has 0 spiro atoms. The normalized spacial score (nSPS) is 20.7. The Morgan fingerprint density at radius 1 is 0.963 bits per heavy atom. The molecule has 3 heteroatoms. The lowest BCUT2D eigenvalue weighted by atomic mass is 9.98. The number of aryl methyl sites for hydroxylation is 2. The molecule has 0 bridgehead atoms. The summed E-state index contributed by atoms with van der Waals surface area (Å²) >= 11 is 0. The maximum absolute atomic E-state index is 12.5. The number of carbonyl (C=O) groups excluding carboxylic acids is 1. The Morgan fingerprint density at radius 3 is 2.56 bits per heavy atom. The van der Waals surface area contributed by atoms with Crippen molar-refractivity contribution in [1.29, 1.82) is 0 Å². The summed E-state index contributed by atoms with van der Waals surface area (Å²) in [5.74, 6) is 0.393. The summed E-state index contributed by atoms with van der Waals surface area (Å²) in [5.41, 5.74) is 8.85. The monoisotopic (exact) mass is 354 g/mol. The average molecular weight is 354 g/mol. The van der Waals surface area contributed by atoms with Crippen LogP contribution >= 0.6 is 0 Å². The molecule has 2 unspecified atom stereocenters. The number of hydrogen-bond acceptors (Lipinski definition) is 2. The van der Waals surface area contributed by atoms with Crippen molar-refractivity contribution in [3.63, 3.8) is 0 Å². The largest absolute Gasteiger partial charge is 0.273 e. The highest BCUT2D eigenvalue weighted by Crippen LogP contribution is 2.47. The topological polar surface area (TPSA) is 41.5 Å². The first-order chi connectivity index (χ1) is 13.2. The summed E-state index contributed by atoms with van der Waals surface area (Å²) in [6.45, 7) is 1.97. The third kappa shape index (κ3) is 2.84. The number of amides is 1. The predicted octanol–water partition coefficient (Wildman–Crippen LogP) is 4.58. The van der Waals surface area contributed by atoms with Crippen LogP contribution in [0.5, 0.6) is 0 Å². The van der Waals surface area contributed by atoms with Gasteiger partial charge in [-0.3, -0.25) is 4.79 Å². The second-order valence-corrected chi connectivity index (χ2v) is 7.64. The second-order valence-electron chi connectivity index (χ2n) is 7.64. The lowest BCUT2D eigenvalue weighted by molar-refractivity contribution is -0.122. The fourth-order valence-electron chi connectivity index (χ4n) is 4.40. The summed E-state index contributed by atoms with van der Waals surface area (Å²) in [4.78, 5) is 12.5. The van der Waals surface area contributed by atoms with Crippen LogP contribution in [0.25, 0.3) is 10.8 Å². The van der Waals surface area contributed by atoms with Gasteiger partial charge in [0.25, 0.3) is 0 Å². The minimum Gasteiger partial charge on any atom is -0.273 e. The fourth-order valence-corrected chi connectivity index (χ4v) is 4.40. The first kappa shape index (κ1) is 16.2. The fraction of sp³-hybridized carbons (Fsp3) is 0.250. The molecule has 0 saturated heterocycles. The van der Waals surface area contributed by atoms with E-state index >= 15 is 0 Å². The van der Waals surface area contributed by atoms with Gasteiger partial charge in [-0.15, -0.1) is 0 Å². The van der Waals surface area contributed by atoms with Crippen LogP contribution in [0.2, 0.25) is 0 Å². The van der Waals surface area contributed by atoms with Crippen molar-refractivity contribution in [3.05, 3.63) is 82.9 Å². The van der Waals surface area contributed by atoms with Gasteiger partial charge < -0.3 is 0 Å². The van der Waals surface area contributed by atoms with Crippen LogP contribution in [-0.4, -0.2) is 11.6 Å². The molecular weight excluding hydrogens is 332 g/mol. The highest BCUT2D eigenvalue weighted by molar-refractivity contribution is 6.11. The maximum Gasteiger partial charge on any atom is 0.243 e. The molecule has 1 fully saturated rings. The quantitative estimate of drug-likeness (QED) is 0.541. The van der Waals surface area contributed by atoms with Gasteiger partial charge in [-0.1, -0.05) is 60.7 Å². The first-order valence-corrected chi connectivity index (χ1v) is 9.65. The zero-order chi connectivity index (χ0) is 18.4. The van der Waals surface area contributed by atoms with E-state index < -0.39 is 0 Å². The van der Waals surface area contributed by atoms with Crippen molar-refractivity contribution in [3.8, 4) is 0 Å². The van der Waals surface area contributed by atoms with Crippen molar-refractivity contribution in [2.75, 3.05) is 0 Å². The zero-order valence-corrected chi connectivity index (χ0v) is 15.4. The predicted molar refractivity (Wildman–Crippen MR) is 109 cm³/mol. The SMILES string of the molecule is C/C(=N\NC(=O)C1CC1c1ccccc1)c1ccc2c3c(cccc13)CC2. The van der Waals surface area contributed by atoms with Crippen molar-refractivity contribution >= 4 is 22.4 Å². The molecule has 3 aromatic carbocycles. The van der Waals surface area contributed by atoms with Gasteiger partial charge in [-0.25, -0.2) is 5.43 Å². The molecule has 0 aromatic heterocycles. The van der Waals surface area contributed by atoms with Crippen LogP contribution in [0.4, 0.5) is 0 Å². The Morgan fingerprint density at radius 2 is 1.74 bits per heavy atom. The molecule has 0 radical (unpaired) electrons. The zero-order valence-electron chi connectivity index (χ0n) is 15.4. The molecule has 5 rings (SSSR count). The highest BCUT2D eigenvalue weighted by atomic mass is 16.2. The van der Waals surface area contributed by atoms with Gasteiger partial charge in [0.2, 0.25) is 5.91 Å². The number of carbonyl (C=O) groups is 1. The summed E-state index contributed by atoms with van der Waals surface area (Å²) in [5, 5.41) is 7.05. The van der Waals surface area contributed by atoms with E-state index in [1.807, 2.05) is 25.1 Å². The molecular formula is C24H22N2O. The van der Waals surface area contributed by atoms with Crippen LogP contribution < -0.4 is 5.43 Å². The van der Waals surface area contributed by atoms with Gasteiger partial charge in [-0.2, -0.15) is 5.10 Å². The van der Waals surface area contributed by atoms with E-state index in [0.717, 1.165) is 30.5 Å². The molecule has 0 heterocycles. The highest BCUT2D eigenvalue weighted by Gasteiger charge is 2.43. The molecule has 3 aromatic rings. The maximum atomic E-state index is 12.5. The summed E-state index contributed by atoms with van der Waals surface area (Å²) in [6.07, 6.45) is 3.14. The molecule has 2 atom stereocenters. The van der Waals surface area contributed by atoms with Crippen molar-refractivity contribution < 1.29 is 4.79 Å². The molecule has 1 amide bonds. The third-order valence-electron chi connectivity index (χ3n) is 5.96. The molecule has 1 saturated carbocycles. The van der Waals surface area contributed by atoms with Crippen LogP contribution in [0.3, 0.4) is 0 Å². The van der Waals surface area contributed by atoms with Gasteiger partial charge in [0.1, 0.15) is 0 Å². The van der Waals surface area contributed by atoms with E-state index in [-0.39, 0.29) is 11.8 Å². The molecule has 2 aliphatic carbocycles. The van der Waals surface area contributed by atoms with E-state index in [9.17, 15) is 4.79 Å². The average Bonchev–Trinajstić information content (AvgIpc) is 3.41. The van der Waals surface area contributed by atoms with Gasteiger partial charge in [0, 0.05) is 11.5 Å². The van der Waals surface area contributed by atoms with Crippen LogP contribution in [0.15, 0.2) is 65.8 Å². The Balaban J connectivity index is 1.35. The van der Waals surface area contributed by atoms with Crippen molar-refractivity contribution in [2.24, 2.45) is 11.0 Å². The minimum atomic E-state index is 0.0223. The number of hydrazone groups is 1. The number of nitrogens with zero attached hydrogens (tertiary/aromatic N) is 1. The number of rotatable bonds is 4. The van der Waals surface area contributed by atoms with Gasteiger partial charge in [-0.05, 0) is 59.6 Å². The lowest BCUT2D eigenvalue weighted by Crippen LogP contribution is -2.21. The van der Waals surface area contributed by atoms with E-state index in [1.165, 1.54) is 27.5 Å². The van der Waals surface area contributed by atoms with E-state index in [0.29, 0.717) is 5.92 Å². The van der Waals surface area contributed by atoms with Gasteiger partial charge in [0.05, 0.1) is 5.71 Å². The summed E-state index contributed by atoms with van der Waals surface area (Å²) in [6, 6.07) is 21.1. The number of hydrogen-bond donors (Lipinski definition) is 1. The molecule has 27 heavy (non-hydrogen) atoms. The smallest absolute Gasteiger partial charge is 0.243 e. The first-order valence-electron chi connectivity index (χ1n) is 9.65. The Kier molecular flexibility index (Phi) is 3.82. The van der Waals surface area contributed by atoms with Crippen molar-refractivity contribution in [1.82, 2.24) is 5.43 Å². The summed E-state index contributed by atoms with van der Waals surface area (Å²) < 4.78 is 0. The third-order valence-corrected chi connectivity index (χ3v) is 5.96. The van der Waals surface area contributed by atoms with Crippen LogP contribution in [0, 0.1) is 5.92 Å². The molecule has 2 aliphatic rings. The Bertz CT molecular complexity index is 1060. The minimum absolute atomic E-state index is 0.0223. The van der Waals surface area contributed by atoms with Crippen molar-refractivity contribution in [2.45, 2.75) is 32.1 Å². The Labute approximate surface area is 159 Å². The second kappa shape index (κ2) is 6.34. The number of benzene rings is 3. The van der Waals surface area contributed by atoms with E-state index in [2.05, 4.69) is 53.0 Å². The Hall–Kier alpha value is -2.94. The molecule has 3 nitrogen and oxygen atoms in total. The lowest BCUT2D eigenvalue weighted by Gasteiger charge is -2.09. The van der Waals surface area contributed by atoms with Crippen LogP contribution in [0.1, 0.15) is 41.5 Å². The molecule has 0 aliphatic heterocycles. The van der Waals surface area contributed by atoms with E-state index in [1.54, 1.807) is 0 Å². The standard InChI is InChI=1S/C24H22N2O/c1-15(19-13-12-18-11-10-17-8-5-9-20(19)23(17)18)25-26-24(27)22-14-21(22)16-6-3-2-4-7-16/h2-9,12-13,21-22H,10-11,14H2,1H3,(H,26,27)/b25-15+. The van der Waals surface area contributed by atoms with E-state index in [4.69, 9.17) is 0 Å². The van der Waals surface area contributed by atoms with Gasteiger partial charge in [0.15, 0.2) is 0 Å². The van der Waals surface area contributed by atoms with Crippen LogP contribution in [-0.2, 0) is 17.6 Å². The number of nitrogens with one attached hydrogen (secondary N) is 1. The summed E-state index contributed by atoms with van der Waals surface area (Å²) in [7, 11) is 0. The molecule has 134 valence electrons. The molecule has 1 N–H and O–H groups in total. The van der Waals surface area contributed by atoms with Gasteiger partial charge >= 0.3 is 0 Å².